The van der Waals surface area contributed by atoms with Gasteiger partial charge in [0.2, 0.25) is 0 Å². The summed E-state index contributed by atoms with van der Waals surface area (Å²) in [5.41, 5.74) is 7.19. The predicted molar refractivity (Wildman–Crippen MR) is 85.3 cm³/mol. The van der Waals surface area contributed by atoms with Crippen molar-refractivity contribution in [3.63, 3.8) is 0 Å². The smallest absolute Gasteiger partial charge is 0.196 e. The van der Waals surface area contributed by atoms with Crippen LogP contribution in [0.2, 0.25) is 5.02 Å². The van der Waals surface area contributed by atoms with Gasteiger partial charge in [0.25, 0.3) is 0 Å². The maximum Gasteiger partial charge on any atom is 0.196 e. The van der Waals surface area contributed by atoms with Crippen LogP contribution in [0.3, 0.4) is 0 Å². The third kappa shape index (κ3) is 2.64. The summed E-state index contributed by atoms with van der Waals surface area (Å²) in [6.45, 7) is 3.17. The van der Waals surface area contributed by atoms with Crippen LogP contribution in [0.4, 0.5) is 5.69 Å². The zero-order valence-electron chi connectivity index (χ0n) is 11.9. The van der Waals surface area contributed by atoms with E-state index in [1.54, 1.807) is 0 Å². The molecule has 0 amide bonds. The molecule has 3 unspecified atom stereocenters. The molecule has 2 aliphatic rings. The number of benzene rings is 1. The van der Waals surface area contributed by atoms with E-state index in [9.17, 15) is 0 Å². The monoisotopic (exact) mass is 291 g/mol. The first-order valence-corrected chi connectivity index (χ1v) is 7.87. The van der Waals surface area contributed by atoms with Gasteiger partial charge in [0.15, 0.2) is 5.96 Å². The van der Waals surface area contributed by atoms with Crippen molar-refractivity contribution in [3.05, 3.63) is 29.3 Å². The summed E-state index contributed by atoms with van der Waals surface area (Å²) in [4.78, 5) is 6.67. The number of hydrogen-bond donors (Lipinski definition) is 1. The number of anilines is 1. The topological polar surface area (TPSA) is 41.6 Å². The van der Waals surface area contributed by atoms with E-state index in [1.165, 1.54) is 25.7 Å². The van der Waals surface area contributed by atoms with Gasteiger partial charge in [-0.1, -0.05) is 37.4 Å². The highest BCUT2D eigenvalue weighted by Gasteiger charge is 2.35. The Morgan fingerprint density at radius 1 is 1.35 bits per heavy atom. The summed E-state index contributed by atoms with van der Waals surface area (Å²) in [5.74, 6) is 2.13. The van der Waals surface area contributed by atoms with Crippen LogP contribution in [0.25, 0.3) is 0 Å². The van der Waals surface area contributed by atoms with Crippen molar-refractivity contribution in [3.8, 4) is 0 Å². The molecule has 20 heavy (non-hydrogen) atoms. The van der Waals surface area contributed by atoms with Crippen molar-refractivity contribution in [1.82, 2.24) is 0 Å². The van der Waals surface area contributed by atoms with Crippen molar-refractivity contribution in [1.29, 1.82) is 0 Å². The van der Waals surface area contributed by atoms with E-state index >= 15 is 0 Å². The van der Waals surface area contributed by atoms with E-state index in [1.807, 2.05) is 18.2 Å². The van der Waals surface area contributed by atoms with Crippen LogP contribution in [0, 0.1) is 11.8 Å². The van der Waals surface area contributed by atoms with Crippen molar-refractivity contribution in [2.45, 2.75) is 38.6 Å². The second kappa shape index (κ2) is 5.65. The molecule has 0 aromatic heterocycles. The fraction of sp³-hybridized carbons (Fsp3) is 0.562. The Bertz CT molecular complexity index is 514. The Hall–Kier alpha value is -1.22. The molecule has 0 bridgehead atoms. The number of halogens is 1. The van der Waals surface area contributed by atoms with Gasteiger partial charge in [-0.2, -0.15) is 0 Å². The van der Waals surface area contributed by atoms with E-state index in [0.717, 1.165) is 23.2 Å². The number of aliphatic imine (C=N–C) groups is 1. The molecular weight excluding hydrogens is 270 g/mol. The van der Waals surface area contributed by atoms with Gasteiger partial charge in [-0.3, -0.25) is 4.99 Å². The molecule has 1 aliphatic carbocycles. The van der Waals surface area contributed by atoms with Crippen molar-refractivity contribution in [2.24, 2.45) is 22.6 Å². The molecule has 1 aromatic rings. The normalized spacial score (nSPS) is 30.4. The van der Waals surface area contributed by atoms with Gasteiger partial charge in [0, 0.05) is 10.7 Å². The molecule has 1 fully saturated rings. The average molecular weight is 292 g/mol. The highest BCUT2D eigenvalue weighted by molar-refractivity contribution is 6.30. The summed E-state index contributed by atoms with van der Waals surface area (Å²) >= 11 is 6.12. The fourth-order valence-corrected chi connectivity index (χ4v) is 3.84. The molecule has 1 aliphatic heterocycles. The van der Waals surface area contributed by atoms with Gasteiger partial charge in [0.1, 0.15) is 0 Å². The van der Waals surface area contributed by atoms with Gasteiger partial charge >= 0.3 is 0 Å². The summed E-state index contributed by atoms with van der Waals surface area (Å²) in [6.07, 6.45) is 5.25. The molecule has 1 aromatic carbocycles. The zero-order valence-corrected chi connectivity index (χ0v) is 12.7. The number of guanidine groups is 1. The Morgan fingerprint density at radius 3 is 2.95 bits per heavy atom. The number of rotatable bonds is 2. The van der Waals surface area contributed by atoms with Crippen LogP contribution >= 0.6 is 11.6 Å². The lowest BCUT2D eigenvalue weighted by atomic mass is 9.78. The Morgan fingerprint density at radius 2 is 2.20 bits per heavy atom. The lowest BCUT2D eigenvalue weighted by Gasteiger charge is -2.36. The van der Waals surface area contributed by atoms with Crippen LogP contribution in [-0.4, -0.2) is 18.5 Å². The van der Waals surface area contributed by atoms with Gasteiger partial charge in [-0.05, 0) is 42.9 Å². The predicted octanol–water partition coefficient (Wildman–Crippen LogP) is 3.67. The Labute approximate surface area is 125 Å². The third-order valence-electron chi connectivity index (χ3n) is 4.63. The summed E-state index contributed by atoms with van der Waals surface area (Å²) in [6, 6.07) is 8.32. The van der Waals surface area contributed by atoms with Crippen LogP contribution in [0.5, 0.6) is 0 Å². The molecule has 3 rings (SSSR count). The quantitative estimate of drug-likeness (QED) is 0.903. The minimum absolute atomic E-state index is 0.399. The zero-order chi connectivity index (χ0) is 14.1. The molecule has 0 saturated heterocycles. The molecule has 1 heterocycles. The third-order valence-corrected chi connectivity index (χ3v) is 4.86. The molecule has 3 nitrogen and oxygen atoms in total. The van der Waals surface area contributed by atoms with Crippen molar-refractivity contribution < 1.29 is 0 Å². The highest BCUT2D eigenvalue weighted by Crippen LogP contribution is 2.36. The van der Waals surface area contributed by atoms with Crippen LogP contribution < -0.4 is 10.6 Å². The number of nitrogens with zero attached hydrogens (tertiary/aromatic N) is 2. The first kappa shape index (κ1) is 13.7. The summed E-state index contributed by atoms with van der Waals surface area (Å²) in [7, 11) is 0. The van der Waals surface area contributed by atoms with E-state index in [-0.39, 0.29) is 0 Å². The molecule has 4 heteroatoms. The molecule has 0 spiro atoms. The van der Waals surface area contributed by atoms with Gasteiger partial charge < -0.3 is 10.6 Å². The number of hydrogen-bond acceptors (Lipinski definition) is 3. The standard InChI is InChI=1S/C16H22ClN3/c1-11-4-2-5-12(8-11)15-10-19-16(18)20(15)14-7-3-6-13(17)9-14/h3,6-7,9,11-12,15H,2,4-5,8,10H2,1H3,(H2,18,19). The SMILES string of the molecule is CC1CCCC(C2CN=C(N)N2c2cccc(Cl)c2)C1. The van der Waals surface area contributed by atoms with E-state index < -0.39 is 0 Å². The summed E-state index contributed by atoms with van der Waals surface area (Å²) < 4.78 is 0. The maximum atomic E-state index is 6.13. The Balaban J connectivity index is 1.84. The first-order valence-electron chi connectivity index (χ1n) is 7.50. The summed E-state index contributed by atoms with van der Waals surface area (Å²) in [5, 5.41) is 0.748. The minimum Gasteiger partial charge on any atom is -0.370 e. The number of nitrogens with two attached hydrogens (primary N) is 1. The van der Waals surface area contributed by atoms with E-state index in [4.69, 9.17) is 17.3 Å². The van der Waals surface area contributed by atoms with Gasteiger partial charge in [-0.15, -0.1) is 0 Å². The van der Waals surface area contributed by atoms with Crippen molar-refractivity contribution >= 4 is 23.2 Å². The van der Waals surface area contributed by atoms with Crippen molar-refractivity contribution in [2.75, 3.05) is 11.4 Å². The fourth-order valence-electron chi connectivity index (χ4n) is 3.65. The van der Waals surface area contributed by atoms with Gasteiger partial charge in [0.05, 0.1) is 12.6 Å². The highest BCUT2D eigenvalue weighted by atomic mass is 35.5. The largest absolute Gasteiger partial charge is 0.370 e. The van der Waals surface area contributed by atoms with Crippen LogP contribution in [-0.2, 0) is 0 Å². The molecule has 108 valence electrons. The van der Waals surface area contributed by atoms with E-state index in [2.05, 4.69) is 22.9 Å². The van der Waals surface area contributed by atoms with Crippen LogP contribution in [0.15, 0.2) is 29.3 Å². The Kier molecular flexibility index (Phi) is 3.88. The van der Waals surface area contributed by atoms with Gasteiger partial charge in [-0.25, -0.2) is 0 Å². The lowest BCUT2D eigenvalue weighted by Crippen LogP contribution is -2.45. The molecule has 1 saturated carbocycles. The average Bonchev–Trinajstić information content (AvgIpc) is 2.80. The van der Waals surface area contributed by atoms with E-state index in [0.29, 0.717) is 17.9 Å². The molecule has 3 atom stereocenters. The second-order valence-electron chi connectivity index (χ2n) is 6.15. The molecule has 2 N–H and O–H groups in total. The lowest BCUT2D eigenvalue weighted by molar-refractivity contribution is 0.253. The second-order valence-corrected chi connectivity index (χ2v) is 6.58. The molecule has 0 radical (unpaired) electrons. The van der Waals surface area contributed by atoms with Crippen LogP contribution in [0.1, 0.15) is 32.6 Å². The minimum atomic E-state index is 0.399. The molecular formula is C16H22ClN3. The first-order chi connectivity index (χ1) is 9.65. The maximum absolute atomic E-state index is 6.13.